The molecule has 0 radical (unpaired) electrons. The summed E-state index contributed by atoms with van der Waals surface area (Å²) in [6.45, 7) is 0. The molecule has 0 aliphatic carbocycles. The lowest BCUT2D eigenvalue weighted by atomic mass is 10.1. The van der Waals surface area contributed by atoms with Crippen molar-refractivity contribution in [2.24, 2.45) is 0 Å². The molecule has 0 fully saturated rings. The van der Waals surface area contributed by atoms with E-state index in [-0.39, 0.29) is 10.7 Å². The van der Waals surface area contributed by atoms with Gasteiger partial charge in [-0.15, -0.1) is 0 Å². The summed E-state index contributed by atoms with van der Waals surface area (Å²) in [5.41, 5.74) is 1.11. The summed E-state index contributed by atoms with van der Waals surface area (Å²) in [5, 5.41) is 0. The molecule has 1 aromatic carbocycles. The second kappa shape index (κ2) is 6.43. The zero-order chi connectivity index (χ0) is 15.3. The van der Waals surface area contributed by atoms with Gasteiger partial charge in [0.2, 0.25) is 10.0 Å². The van der Waals surface area contributed by atoms with Gasteiger partial charge in [-0.1, -0.05) is 18.2 Å². The molecule has 0 saturated carbocycles. The number of nitrogens with zero attached hydrogens (tertiary/aromatic N) is 1. The first-order valence-corrected chi connectivity index (χ1v) is 7.67. The van der Waals surface area contributed by atoms with E-state index in [0.717, 1.165) is 5.56 Å². The predicted molar refractivity (Wildman–Crippen MR) is 80.3 cm³/mol. The maximum Gasteiger partial charge on any atom is 0.240 e. The van der Waals surface area contributed by atoms with E-state index in [4.69, 9.17) is 0 Å². The number of ketones is 1. The van der Waals surface area contributed by atoms with Crippen LogP contribution in [0.2, 0.25) is 0 Å². The van der Waals surface area contributed by atoms with Gasteiger partial charge in [-0.25, -0.2) is 13.1 Å². The van der Waals surface area contributed by atoms with Crippen molar-refractivity contribution in [2.45, 2.75) is 4.90 Å². The van der Waals surface area contributed by atoms with Crippen LogP contribution in [0.3, 0.4) is 0 Å². The Kier molecular flexibility index (Phi) is 4.62. The maximum absolute atomic E-state index is 12.1. The first-order valence-electron chi connectivity index (χ1n) is 6.19. The Morgan fingerprint density at radius 1 is 1.24 bits per heavy atom. The van der Waals surface area contributed by atoms with Crippen LogP contribution < -0.4 is 4.72 Å². The Balaban J connectivity index is 2.25. The van der Waals surface area contributed by atoms with Crippen molar-refractivity contribution in [3.8, 4) is 0 Å². The normalized spacial score (nSPS) is 11.7. The zero-order valence-corrected chi connectivity index (χ0v) is 12.2. The van der Waals surface area contributed by atoms with Crippen LogP contribution in [0.5, 0.6) is 0 Å². The van der Waals surface area contributed by atoms with Gasteiger partial charge >= 0.3 is 0 Å². The third-order valence-corrected chi connectivity index (χ3v) is 4.22. The van der Waals surface area contributed by atoms with E-state index in [9.17, 15) is 13.2 Å². The average Bonchev–Trinajstić information content (AvgIpc) is 2.53. The van der Waals surface area contributed by atoms with Crippen LogP contribution in [0.4, 0.5) is 0 Å². The number of rotatable bonds is 5. The molecule has 108 valence electrons. The number of hydrogen-bond donors (Lipinski definition) is 1. The Morgan fingerprint density at radius 3 is 2.71 bits per heavy atom. The van der Waals surface area contributed by atoms with E-state index >= 15 is 0 Å². The van der Waals surface area contributed by atoms with E-state index in [0.29, 0.717) is 5.56 Å². The number of sulfonamides is 1. The Bertz CT molecular complexity index is 769. The fourth-order valence-corrected chi connectivity index (χ4v) is 2.45. The highest BCUT2D eigenvalue weighted by atomic mass is 32.2. The minimum Gasteiger partial charge on any atom is -0.289 e. The maximum atomic E-state index is 12.1. The Labute approximate surface area is 123 Å². The molecular formula is C15H14N2O3S. The molecule has 21 heavy (non-hydrogen) atoms. The number of hydrogen-bond acceptors (Lipinski definition) is 4. The van der Waals surface area contributed by atoms with Gasteiger partial charge in [0.15, 0.2) is 5.78 Å². The molecule has 6 heteroatoms. The molecule has 1 heterocycles. The van der Waals surface area contributed by atoms with Crippen LogP contribution in [-0.2, 0) is 10.0 Å². The van der Waals surface area contributed by atoms with Crippen LogP contribution in [0, 0.1) is 0 Å². The number of pyridine rings is 1. The number of aromatic nitrogens is 1. The SMILES string of the molecule is CNS(=O)(=O)c1cccc(C(=O)/C=C/c2cccnc2)c1. The number of carbonyl (C=O) groups is 1. The molecule has 1 aromatic heterocycles. The third kappa shape index (κ3) is 3.84. The second-order valence-corrected chi connectivity index (χ2v) is 6.11. The van der Waals surface area contributed by atoms with Gasteiger partial charge in [-0.3, -0.25) is 9.78 Å². The summed E-state index contributed by atoms with van der Waals surface area (Å²) < 4.78 is 25.6. The molecule has 0 bridgehead atoms. The molecule has 0 spiro atoms. The first-order chi connectivity index (χ1) is 10.0. The van der Waals surface area contributed by atoms with Crippen LogP contribution in [0.25, 0.3) is 6.08 Å². The lowest BCUT2D eigenvalue weighted by molar-refractivity contribution is 0.104. The predicted octanol–water partition coefficient (Wildman–Crippen LogP) is 1.89. The van der Waals surface area contributed by atoms with Crippen molar-refractivity contribution in [3.05, 3.63) is 66.0 Å². The van der Waals surface area contributed by atoms with Gasteiger partial charge in [-0.05, 0) is 43.0 Å². The number of allylic oxidation sites excluding steroid dienone is 1. The van der Waals surface area contributed by atoms with Crippen LogP contribution in [-0.4, -0.2) is 26.2 Å². The van der Waals surface area contributed by atoms with E-state index < -0.39 is 10.0 Å². The zero-order valence-electron chi connectivity index (χ0n) is 11.4. The summed E-state index contributed by atoms with van der Waals surface area (Å²) in [6, 6.07) is 9.48. The molecule has 0 unspecified atom stereocenters. The molecule has 0 aliphatic rings. The van der Waals surface area contributed by atoms with Crippen molar-refractivity contribution in [3.63, 3.8) is 0 Å². The summed E-state index contributed by atoms with van der Waals surface area (Å²) in [4.78, 5) is 16.1. The van der Waals surface area contributed by atoms with Gasteiger partial charge in [-0.2, -0.15) is 0 Å². The largest absolute Gasteiger partial charge is 0.289 e. The molecule has 1 N–H and O–H groups in total. The van der Waals surface area contributed by atoms with E-state index in [1.807, 2.05) is 6.07 Å². The number of carbonyl (C=O) groups excluding carboxylic acids is 1. The lowest BCUT2D eigenvalue weighted by Crippen LogP contribution is -2.18. The minimum atomic E-state index is -3.56. The third-order valence-electron chi connectivity index (χ3n) is 2.81. The molecule has 0 atom stereocenters. The molecule has 0 amide bonds. The lowest BCUT2D eigenvalue weighted by Gasteiger charge is -2.03. The molecule has 0 saturated heterocycles. The van der Waals surface area contributed by atoms with Crippen molar-refractivity contribution in [1.82, 2.24) is 9.71 Å². The topological polar surface area (TPSA) is 76.1 Å². The van der Waals surface area contributed by atoms with Crippen molar-refractivity contribution < 1.29 is 13.2 Å². The highest BCUT2D eigenvalue weighted by molar-refractivity contribution is 7.89. The molecule has 2 aromatic rings. The second-order valence-electron chi connectivity index (χ2n) is 4.22. The fraction of sp³-hybridized carbons (Fsp3) is 0.0667. The van der Waals surface area contributed by atoms with E-state index in [2.05, 4.69) is 9.71 Å². The monoisotopic (exact) mass is 302 g/mol. The van der Waals surface area contributed by atoms with Gasteiger partial charge in [0.05, 0.1) is 4.90 Å². The van der Waals surface area contributed by atoms with Gasteiger partial charge in [0.25, 0.3) is 0 Å². The summed E-state index contributed by atoms with van der Waals surface area (Å²) in [5.74, 6) is -0.271. The fourth-order valence-electron chi connectivity index (χ4n) is 1.68. The van der Waals surface area contributed by atoms with E-state index in [1.54, 1.807) is 30.6 Å². The number of nitrogens with one attached hydrogen (secondary N) is 1. The number of benzene rings is 1. The minimum absolute atomic E-state index is 0.0608. The first kappa shape index (κ1) is 15.1. The van der Waals surface area contributed by atoms with Gasteiger partial charge in [0.1, 0.15) is 0 Å². The van der Waals surface area contributed by atoms with Gasteiger partial charge in [0, 0.05) is 18.0 Å². The highest BCUT2D eigenvalue weighted by Crippen LogP contribution is 2.12. The van der Waals surface area contributed by atoms with Crippen molar-refractivity contribution in [1.29, 1.82) is 0 Å². The van der Waals surface area contributed by atoms with Gasteiger partial charge < -0.3 is 0 Å². The quantitative estimate of drug-likeness (QED) is 0.676. The molecule has 0 aliphatic heterocycles. The summed E-state index contributed by atoms with van der Waals surface area (Å²) >= 11 is 0. The Morgan fingerprint density at radius 2 is 2.05 bits per heavy atom. The average molecular weight is 302 g/mol. The van der Waals surface area contributed by atoms with E-state index in [1.165, 1.54) is 31.3 Å². The standard InChI is InChI=1S/C15H14N2O3S/c1-16-21(19,20)14-6-2-5-13(10-14)15(18)8-7-12-4-3-9-17-11-12/h2-11,16H,1H3/b8-7+. The van der Waals surface area contributed by atoms with Crippen LogP contribution in [0.1, 0.15) is 15.9 Å². The highest BCUT2D eigenvalue weighted by Gasteiger charge is 2.13. The summed E-state index contributed by atoms with van der Waals surface area (Å²) in [6.07, 6.45) is 6.30. The smallest absolute Gasteiger partial charge is 0.240 e. The molecular weight excluding hydrogens is 288 g/mol. The van der Waals surface area contributed by atoms with Crippen LogP contribution in [0.15, 0.2) is 59.8 Å². The van der Waals surface area contributed by atoms with Crippen LogP contribution >= 0.6 is 0 Å². The molecule has 5 nitrogen and oxygen atoms in total. The Hall–Kier alpha value is -2.31. The summed E-state index contributed by atoms with van der Waals surface area (Å²) in [7, 11) is -2.23. The molecule has 2 rings (SSSR count). The van der Waals surface area contributed by atoms with Crippen molar-refractivity contribution in [2.75, 3.05) is 7.05 Å². The van der Waals surface area contributed by atoms with Crippen molar-refractivity contribution >= 4 is 21.9 Å².